The smallest absolute Gasteiger partial charge is 0.383 e. The van der Waals surface area contributed by atoms with Crippen molar-refractivity contribution in [1.82, 2.24) is 9.47 Å². The number of methoxy groups -OCH3 is 1. The second kappa shape index (κ2) is 10.8. The van der Waals surface area contributed by atoms with Crippen LogP contribution in [0.3, 0.4) is 0 Å². The topological polar surface area (TPSA) is 34.5 Å². The fraction of sp³-hybridized carbons (Fsp3) is 0.542. The highest BCUT2D eigenvalue weighted by molar-refractivity contribution is 5.76. The quantitative estimate of drug-likeness (QED) is 0.493. The van der Waals surface area contributed by atoms with Crippen LogP contribution in [0.15, 0.2) is 42.6 Å². The molecule has 0 aliphatic heterocycles. The van der Waals surface area contributed by atoms with Gasteiger partial charge in [-0.15, -0.1) is 0 Å². The summed E-state index contributed by atoms with van der Waals surface area (Å²) in [4.78, 5) is 14.7. The molecule has 1 aromatic heterocycles. The molecule has 1 aromatic carbocycles. The van der Waals surface area contributed by atoms with Gasteiger partial charge < -0.3 is 14.2 Å². The molecule has 0 spiro atoms. The molecule has 1 aliphatic rings. The predicted molar refractivity (Wildman–Crippen MR) is 113 cm³/mol. The van der Waals surface area contributed by atoms with Crippen molar-refractivity contribution >= 4 is 5.91 Å². The first-order valence-corrected chi connectivity index (χ1v) is 10.9. The number of carbonyl (C=O) groups is 1. The van der Waals surface area contributed by atoms with Crippen molar-refractivity contribution in [2.75, 3.05) is 20.3 Å². The Balaban J connectivity index is 1.67. The van der Waals surface area contributed by atoms with Gasteiger partial charge in [0.15, 0.2) is 0 Å². The van der Waals surface area contributed by atoms with Crippen LogP contribution >= 0.6 is 0 Å². The van der Waals surface area contributed by atoms with Crippen LogP contribution in [0.25, 0.3) is 0 Å². The van der Waals surface area contributed by atoms with E-state index in [1.165, 1.54) is 37.8 Å². The number of carbonyl (C=O) groups excluding carboxylic acids is 1. The lowest BCUT2D eigenvalue weighted by atomic mass is 10.0. The molecule has 1 heterocycles. The summed E-state index contributed by atoms with van der Waals surface area (Å²) < 4.78 is 46.2. The first-order chi connectivity index (χ1) is 14.9. The van der Waals surface area contributed by atoms with Crippen LogP contribution in [0, 0.1) is 5.92 Å². The summed E-state index contributed by atoms with van der Waals surface area (Å²) in [6, 6.07) is 9.15. The zero-order valence-corrected chi connectivity index (χ0v) is 18.0. The highest BCUT2D eigenvalue weighted by atomic mass is 19.4. The van der Waals surface area contributed by atoms with E-state index in [0.717, 1.165) is 18.2 Å². The normalized spacial score (nSPS) is 14.8. The first kappa shape index (κ1) is 23.4. The molecule has 170 valence electrons. The summed E-state index contributed by atoms with van der Waals surface area (Å²) in [6.45, 7) is 1.68. The molecule has 1 aliphatic carbocycles. The van der Waals surface area contributed by atoms with Crippen LogP contribution in [-0.4, -0.2) is 35.6 Å². The van der Waals surface area contributed by atoms with Crippen LogP contribution in [0.5, 0.6) is 0 Å². The zero-order valence-electron chi connectivity index (χ0n) is 18.0. The second-order valence-electron chi connectivity index (χ2n) is 8.32. The Labute approximate surface area is 182 Å². The Morgan fingerprint density at radius 2 is 1.97 bits per heavy atom. The Morgan fingerprint density at radius 1 is 1.19 bits per heavy atom. The van der Waals surface area contributed by atoms with Gasteiger partial charge in [0, 0.05) is 38.5 Å². The molecule has 7 heteroatoms. The molecule has 0 radical (unpaired) electrons. The maximum Gasteiger partial charge on any atom is 0.416 e. The van der Waals surface area contributed by atoms with Gasteiger partial charge in [-0.1, -0.05) is 37.8 Å². The zero-order chi connectivity index (χ0) is 22.3. The van der Waals surface area contributed by atoms with Gasteiger partial charge >= 0.3 is 6.18 Å². The number of ether oxygens (including phenoxy) is 1. The Bertz CT molecular complexity index is 841. The standard InChI is InChI=1S/C24H31F3N2O2/c1-31-15-14-29(23(30)12-11-19-6-2-3-7-19)18-22-10-5-13-28(22)17-20-8-4-9-21(16-20)24(25,26)27/h4-5,8-10,13,16,19H,2-3,6-7,11-12,14-15,17-18H2,1H3. The third-order valence-electron chi connectivity index (χ3n) is 6.04. The van der Waals surface area contributed by atoms with Gasteiger partial charge in [0.1, 0.15) is 0 Å². The van der Waals surface area contributed by atoms with Crippen LogP contribution < -0.4 is 0 Å². The summed E-state index contributed by atoms with van der Waals surface area (Å²) in [5, 5.41) is 0. The Hall–Kier alpha value is -2.28. The lowest BCUT2D eigenvalue weighted by Crippen LogP contribution is -2.34. The van der Waals surface area contributed by atoms with Crippen LogP contribution in [0.2, 0.25) is 0 Å². The maximum atomic E-state index is 13.0. The van der Waals surface area contributed by atoms with Gasteiger partial charge in [0.2, 0.25) is 5.91 Å². The third kappa shape index (κ3) is 6.86. The summed E-state index contributed by atoms with van der Waals surface area (Å²) in [6.07, 6.45) is 3.88. The molecule has 0 atom stereocenters. The Kier molecular flexibility index (Phi) is 8.18. The fourth-order valence-electron chi connectivity index (χ4n) is 4.26. The van der Waals surface area contributed by atoms with Crippen molar-refractivity contribution < 1.29 is 22.7 Å². The van der Waals surface area contributed by atoms with Crippen molar-refractivity contribution in [2.45, 2.75) is 57.8 Å². The van der Waals surface area contributed by atoms with Crippen LogP contribution in [0.4, 0.5) is 13.2 Å². The van der Waals surface area contributed by atoms with Crippen molar-refractivity contribution in [1.29, 1.82) is 0 Å². The summed E-state index contributed by atoms with van der Waals surface area (Å²) in [5.74, 6) is 0.758. The van der Waals surface area contributed by atoms with E-state index < -0.39 is 11.7 Å². The van der Waals surface area contributed by atoms with Crippen LogP contribution in [-0.2, 0) is 28.8 Å². The number of amides is 1. The number of benzene rings is 1. The maximum absolute atomic E-state index is 13.0. The number of halogens is 3. The highest BCUT2D eigenvalue weighted by Gasteiger charge is 2.30. The predicted octanol–water partition coefficient (Wildman–Crippen LogP) is 5.50. The van der Waals surface area contributed by atoms with Crippen molar-refractivity contribution in [3.63, 3.8) is 0 Å². The molecule has 2 aromatic rings. The highest BCUT2D eigenvalue weighted by Crippen LogP contribution is 2.30. The van der Waals surface area contributed by atoms with E-state index in [1.807, 2.05) is 22.9 Å². The van der Waals surface area contributed by atoms with Gasteiger partial charge in [0.25, 0.3) is 0 Å². The van der Waals surface area contributed by atoms with Crippen molar-refractivity contribution in [2.24, 2.45) is 5.92 Å². The van der Waals surface area contributed by atoms with E-state index in [4.69, 9.17) is 4.74 Å². The minimum Gasteiger partial charge on any atom is -0.383 e. The molecule has 31 heavy (non-hydrogen) atoms. The fourth-order valence-corrected chi connectivity index (χ4v) is 4.26. The van der Waals surface area contributed by atoms with Gasteiger partial charge in [0.05, 0.1) is 18.7 Å². The van der Waals surface area contributed by atoms with Crippen molar-refractivity contribution in [3.05, 3.63) is 59.4 Å². The van der Waals surface area contributed by atoms with Gasteiger partial charge in [-0.3, -0.25) is 4.79 Å². The number of rotatable bonds is 10. The van der Waals surface area contributed by atoms with E-state index in [2.05, 4.69) is 0 Å². The molecule has 0 bridgehead atoms. The number of hydrogen-bond acceptors (Lipinski definition) is 2. The summed E-state index contributed by atoms with van der Waals surface area (Å²) >= 11 is 0. The SMILES string of the molecule is COCCN(Cc1cccn1Cc1cccc(C(F)(F)F)c1)C(=O)CCC1CCCC1. The minimum absolute atomic E-state index is 0.107. The molecule has 0 unspecified atom stereocenters. The average molecular weight is 437 g/mol. The molecule has 4 nitrogen and oxygen atoms in total. The second-order valence-corrected chi connectivity index (χ2v) is 8.32. The number of hydrogen-bond donors (Lipinski definition) is 0. The Morgan fingerprint density at radius 3 is 2.68 bits per heavy atom. The largest absolute Gasteiger partial charge is 0.416 e. The van der Waals surface area contributed by atoms with Gasteiger partial charge in [-0.2, -0.15) is 13.2 Å². The molecular weight excluding hydrogens is 405 g/mol. The lowest BCUT2D eigenvalue weighted by molar-refractivity contribution is -0.137. The monoisotopic (exact) mass is 436 g/mol. The van der Waals surface area contributed by atoms with E-state index >= 15 is 0 Å². The van der Waals surface area contributed by atoms with Gasteiger partial charge in [-0.05, 0) is 42.2 Å². The molecule has 1 fully saturated rings. The third-order valence-corrected chi connectivity index (χ3v) is 6.04. The summed E-state index contributed by atoms with van der Waals surface area (Å²) in [7, 11) is 1.61. The molecule has 0 N–H and O–H groups in total. The molecular formula is C24H31F3N2O2. The number of nitrogens with zero attached hydrogens (tertiary/aromatic N) is 2. The molecule has 1 saturated carbocycles. The molecule has 1 amide bonds. The van der Waals surface area contributed by atoms with E-state index in [1.54, 1.807) is 18.1 Å². The van der Waals surface area contributed by atoms with Gasteiger partial charge in [-0.25, -0.2) is 0 Å². The summed E-state index contributed by atoms with van der Waals surface area (Å²) in [5.41, 5.74) is 0.813. The van der Waals surface area contributed by atoms with Crippen LogP contribution in [0.1, 0.15) is 55.3 Å². The van der Waals surface area contributed by atoms with Crippen molar-refractivity contribution in [3.8, 4) is 0 Å². The lowest BCUT2D eigenvalue weighted by Gasteiger charge is -2.24. The average Bonchev–Trinajstić information content (AvgIpc) is 3.41. The van der Waals surface area contributed by atoms with E-state index in [-0.39, 0.29) is 5.91 Å². The first-order valence-electron chi connectivity index (χ1n) is 10.9. The minimum atomic E-state index is -4.36. The number of alkyl halides is 3. The molecule has 0 saturated heterocycles. The number of aromatic nitrogens is 1. The van der Waals surface area contributed by atoms with E-state index in [0.29, 0.717) is 44.1 Å². The molecule has 3 rings (SSSR count). The van der Waals surface area contributed by atoms with E-state index in [9.17, 15) is 18.0 Å².